The van der Waals surface area contributed by atoms with Crippen molar-refractivity contribution in [3.05, 3.63) is 39.9 Å². The molecule has 1 aliphatic rings. The molecule has 1 aromatic carbocycles. The van der Waals surface area contributed by atoms with Crippen molar-refractivity contribution in [1.82, 2.24) is 4.90 Å². The average molecular weight is 234 g/mol. The molecule has 1 aliphatic heterocycles. The number of benzene rings is 1. The number of carbonyl (C=O) groups is 1. The van der Waals surface area contributed by atoms with Crippen molar-refractivity contribution < 1.29 is 9.72 Å². The van der Waals surface area contributed by atoms with Gasteiger partial charge in [-0.2, -0.15) is 0 Å². The molecule has 1 aromatic rings. The summed E-state index contributed by atoms with van der Waals surface area (Å²) < 4.78 is 0. The maximum absolute atomic E-state index is 12.0. The van der Waals surface area contributed by atoms with E-state index in [0.717, 1.165) is 18.5 Å². The van der Waals surface area contributed by atoms with Crippen LogP contribution in [-0.4, -0.2) is 29.3 Å². The standard InChI is InChI=1S/C12H14N2O3/c1-12(7-8-13(2)11(12)15)9-3-5-10(6-4-9)14(16)17/h3-6H,7-8H2,1-2H3/t12-/m0/s1. The van der Waals surface area contributed by atoms with Crippen LogP contribution in [0.3, 0.4) is 0 Å². The lowest BCUT2D eigenvalue weighted by molar-refractivity contribution is -0.384. The summed E-state index contributed by atoms with van der Waals surface area (Å²) in [6.45, 7) is 2.62. The van der Waals surface area contributed by atoms with Gasteiger partial charge in [0.15, 0.2) is 0 Å². The van der Waals surface area contributed by atoms with Crippen LogP contribution in [0.15, 0.2) is 24.3 Å². The fraction of sp³-hybridized carbons (Fsp3) is 0.417. The highest BCUT2D eigenvalue weighted by atomic mass is 16.6. The third-order valence-electron chi connectivity index (χ3n) is 3.48. The van der Waals surface area contributed by atoms with Gasteiger partial charge in [0, 0.05) is 25.7 Å². The third kappa shape index (κ3) is 1.77. The van der Waals surface area contributed by atoms with Crippen LogP contribution < -0.4 is 0 Å². The van der Waals surface area contributed by atoms with Crippen LogP contribution in [0.1, 0.15) is 18.9 Å². The van der Waals surface area contributed by atoms with Gasteiger partial charge in [-0.1, -0.05) is 12.1 Å². The Hall–Kier alpha value is -1.91. The maximum atomic E-state index is 12.0. The molecule has 2 rings (SSSR count). The van der Waals surface area contributed by atoms with Gasteiger partial charge in [0.1, 0.15) is 0 Å². The van der Waals surface area contributed by atoms with Gasteiger partial charge in [-0.3, -0.25) is 14.9 Å². The van der Waals surface area contributed by atoms with Gasteiger partial charge < -0.3 is 4.90 Å². The number of nitro groups is 1. The Morgan fingerprint density at radius 3 is 2.35 bits per heavy atom. The van der Waals surface area contributed by atoms with E-state index >= 15 is 0 Å². The van der Waals surface area contributed by atoms with Gasteiger partial charge in [-0.05, 0) is 18.9 Å². The van der Waals surface area contributed by atoms with Crippen molar-refractivity contribution in [3.8, 4) is 0 Å². The summed E-state index contributed by atoms with van der Waals surface area (Å²) in [6.07, 6.45) is 0.750. The predicted octanol–water partition coefficient (Wildman–Crippen LogP) is 1.71. The number of nitro benzene ring substituents is 1. The highest BCUT2D eigenvalue weighted by molar-refractivity contribution is 5.89. The Bertz CT molecular complexity index is 469. The third-order valence-corrected chi connectivity index (χ3v) is 3.48. The van der Waals surface area contributed by atoms with Crippen LogP contribution in [0, 0.1) is 10.1 Å². The number of hydrogen-bond donors (Lipinski definition) is 0. The molecule has 1 saturated heterocycles. The number of hydrogen-bond acceptors (Lipinski definition) is 3. The molecule has 0 radical (unpaired) electrons. The van der Waals surface area contributed by atoms with Crippen molar-refractivity contribution >= 4 is 11.6 Å². The summed E-state index contributed by atoms with van der Waals surface area (Å²) in [6, 6.07) is 6.25. The topological polar surface area (TPSA) is 63.4 Å². The molecule has 5 heteroatoms. The fourth-order valence-corrected chi connectivity index (χ4v) is 2.24. The Balaban J connectivity index is 2.35. The predicted molar refractivity (Wildman–Crippen MR) is 62.7 cm³/mol. The Kier molecular flexibility index (Phi) is 2.61. The molecule has 17 heavy (non-hydrogen) atoms. The van der Waals surface area contributed by atoms with Crippen LogP contribution in [0.4, 0.5) is 5.69 Å². The molecule has 0 unspecified atom stereocenters. The van der Waals surface area contributed by atoms with Gasteiger partial charge in [0.25, 0.3) is 5.69 Å². The summed E-state index contributed by atoms with van der Waals surface area (Å²) >= 11 is 0. The van der Waals surface area contributed by atoms with E-state index in [1.807, 2.05) is 6.92 Å². The van der Waals surface area contributed by atoms with Crippen LogP contribution >= 0.6 is 0 Å². The summed E-state index contributed by atoms with van der Waals surface area (Å²) in [5, 5.41) is 10.6. The van der Waals surface area contributed by atoms with E-state index in [1.54, 1.807) is 24.1 Å². The van der Waals surface area contributed by atoms with Gasteiger partial charge in [0.2, 0.25) is 5.91 Å². The number of nitrogens with zero attached hydrogens (tertiary/aromatic N) is 2. The minimum absolute atomic E-state index is 0.0520. The van der Waals surface area contributed by atoms with E-state index in [2.05, 4.69) is 0 Å². The van der Waals surface area contributed by atoms with Crippen molar-refractivity contribution in [2.45, 2.75) is 18.8 Å². The number of likely N-dealkylation sites (N-methyl/N-ethyl adjacent to an activating group) is 1. The summed E-state index contributed by atoms with van der Waals surface area (Å²) in [4.78, 5) is 23.9. The number of amides is 1. The molecule has 0 bridgehead atoms. The Morgan fingerprint density at radius 1 is 1.35 bits per heavy atom. The molecule has 1 fully saturated rings. The lowest BCUT2D eigenvalue weighted by Crippen LogP contribution is -2.33. The van der Waals surface area contributed by atoms with Crippen LogP contribution in [0.2, 0.25) is 0 Å². The second-order valence-corrected chi connectivity index (χ2v) is 4.61. The first kappa shape index (κ1) is 11.6. The van der Waals surface area contributed by atoms with E-state index in [1.165, 1.54) is 12.1 Å². The lowest BCUT2D eigenvalue weighted by atomic mass is 9.81. The van der Waals surface area contributed by atoms with Crippen molar-refractivity contribution in [3.63, 3.8) is 0 Å². The van der Waals surface area contributed by atoms with E-state index in [9.17, 15) is 14.9 Å². The lowest BCUT2D eigenvalue weighted by Gasteiger charge is -2.22. The Morgan fingerprint density at radius 2 is 1.94 bits per heavy atom. The van der Waals surface area contributed by atoms with E-state index in [0.29, 0.717) is 0 Å². The average Bonchev–Trinajstić information content (AvgIpc) is 2.59. The van der Waals surface area contributed by atoms with Gasteiger partial charge in [-0.15, -0.1) is 0 Å². The molecule has 0 aromatic heterocycles. The zero-order chi connectivity index (χ0) is 12.6. The van der Waals surface area contributed by atoms with E-state index in [-0.39, 0.29) is 11.6 Å². The number of carbonyl (C=O) groups excluding carboxylic acids is 1. The first-order valence-corrected chi connectivity index (χ1v) is 5.45. The quantitative estimate of drug-likeness (QED) is 0.578. The second kappa shape index (κ2) is 3.84. The monoisotopic (exact) mass is 234 g/mol. The molecule has 0 aliphatic carbocycles. The van der Waals surface area contributed by atoms with Crippen LogP contribution in [0.25, 0.3) is 0 Å². The molecular formula is C12H14N2O3. The summed E-state index contributed by atoms with van der Waals surface area (Å²) in [5.41, 5.74) is 0.359. The Labute approximate surface area is 99.2 Å². The van der Waals surface area contributed by atoms with Crippen molar-refractivity contribution in [2.24, 2.45) is 0 Å². The van der Waals surface area contributed by atoms with Gasteiger partial charge >= 0.3 is 0 Å². The van der Waals surface area contributed by atoms with Gasteiger partial charge in [0.05, 0.1) is 10.3 Å². The molecule has 1 atom stereocenters. The molecule has 1 heterocycles. The van der Waals surface area contributed by atoms with Crippen LogP contribution in [0.5, 0.6) is 0 Å². The molecule has 0 spiro atoms. The first-order chi connectivity index (χ1) is 7.95. The van der Waals surface area contributed by atoms with E-state index < -0.39 is 10.3 Å². The molecular weight excluding hydrogens is 220 g/mol. The fourth-order valence-electron chi connectivity index (χ4n) is 2.24. The smallest absolute Gasteiger partial charge is 0.269 e. The second-order valence-electron chi connectivity index (χ2n) is 4.61. The zero-order valence-electron chi connectivity index (χ0n) is 9.84. The van der Waals surface area contributed by atoms with E-state index in [4.69, 9.17) is 0 Å². The summed E-state index contributed by atoms with van der Waals surface area (Å²) in [7, 11) is 1.78. The zero-order valence-corrected chi connectivity index (χ0v) is 9.84. The SMILES string of the molecule is CN1CC[C@@](C)(c2ccc([N+](=O)[O-])cc2)C1=O. The molecule has 5 nitrogen and oxygen atoms in total. The maximum Gasteiger partial charge on any atom is 0.269 e. The minimum Gasteiger partial charge on any atom is -0.345 e. The number of likely N-dealkylation sites (tertiary alicyclic amines) is 1. The first-order valence-electron chi connectivity index (χ1n) is 5.45. The highest BCUT2D eigenvalue weighted by Crippen LogP contribution is 2.35. The van der Waals surface area contributed by atoms with Crippen molar-refractivity contribution in [2.75, 3.05) is 13.6 Å². The molecule has 90 valence electrons. The van der Waals surface area contributed by atoms with Gasteiger partial charge in [-0.25, -0.2) is 0 Å². The number of non-ortho nitro benzene ring substituents is 1. The number of rotatable bonds is 2. The molecule has 0 N–H and O–H groups in total. The van der Waals surface area contributed by atoms with Crippen LogP contribution in [-0.2, 0) is 10.2 Å². The van der Waals surface area contributed by atoms with Crippen molar-refractivity contribution in [1.29, 1.82) is 0 Å². The summed E-state index contributed by atoms with van der Waals surface area (Å²) in [5.74, 6) is 0.0753. The highest BCUT2D eigenvalue weighted by Gasteiger charge is 2.42. The minimum atomic E-state index is -0.538. The molecule has 0 saturated carbocycles. The molecule has 1 amide bonds. The normalized spacial score (nSPS) is 24.1. The largest absolute Gasteiger partial charge is 0.345 e.